The zero-order chi connectivity index (χ0) is 15.6. The van der Waals surface area contributed by atoms with Crippen LogP contribution in [0.1, 0.15) is 52.5 Å². The molecule has 1 N–H and O–H groups in total. The molecular formula is C15H26N2O2S2. The minimum Gasteiger partial charge on any atom is -0.310 e. The summed E-state index contributed by atoms with van der Waals surface area (Å²) in [5.41, 5.74) is 1.05. The lowest BCUT2D eigenvalue weighted by Gasteiger charge is -2.37. The highest BCUT2D eigenvalue weighted by Crippen LogP contribution is 2.32. The first kappa shape index (κ1) is 16.9. The summed E-state index contributed by atoms with van der Waals surface area (Å²) in [6.45, 7) is 8.92. The van der Waals surface area contributed by atoms with E-state index in [1.54, 1.807) is 4.31 Å². The average molecular weight is 331 g/mol. The summed E-state index contributed by atoms with van der Waals surface area (Å²) in [7, 11) is -3.35. The molecule has 0 amide bonds. The standard InChI is InChI=1S/C15H26N2O2S2/c1-11(2)16-9-14-8-15(20-10-14)21(18,19)17-12(3)6-5-7-13(17)4/h8,10-13,16H,5-7,9H2,1-4H3/t12-,13+. The van der Waals surface area contributed by atoms with Crippen molar-refractivity contribution in [3.8, 4) is 0 Å². The van der Waals surface area contributed by atoms with Crippen molar-refractivity contribution < 1.29 is 8.42 Å². The largest absolute Gasteiger partial charge is 0.310 e. The number of nitrogens with zero attached hydrogens (tertiary/aromatic N) is 1. The number of hydrogen-bond donors (Lipinski definition) is 1. The summed E-state index contributed by atoms with van der Waals surface area (Å²) in [6, 6.07) is 2.41. The summed E-state index contributed by atoms with van der Waals surface area (Å²) in [5, 5.41) is 5.27. The van der Waals surface area contributed by atoms with Gasteiger partial charge in [0.1, 0.15) is 4.21 Å². The van der Waals surface area contributed by atoms with Crippen LogP contribution >= 0.6 is 11.3 Å². The lowest BCUT2D eigenvalue weighted by atomic mass is 10.0. The van der Waals surface area contributed by atoms with Gasteiger partial charge in [-0.05, 0) is 43.7 Å². The third-order valence-electron chi connectivity index (χ3n) is 3.99. The molecule has 1 fully saturated rings. The second kappa shape index (κ2) is 6.77. The number of thiophene rings is 1. The average Bonchev–Trinajstić information content (AvgIpc) is 2.85. The maximum atomic E-state index is 12.9. The monoisotopic (exact) mass is 330 g/mol. The molecule has 0 aliphatic carbocycles. The Bertz CT molecular complexity index is 556. The second-order valence-corrected chi connectivity index (χ2v) is 9.25. The quantitative estimate of drug-likeness (QED) is 0.902. The fourth-order valence-electron chi connectivity index (χ4n) is 2.88. The molecule has 1 aromatic heterocycles. The van der Waals surface area contributed by atoms with Crippen LogP contribution < -0.4 is 5.32 Å². The van der Waals surface area contributed by atoms with Crippen LogP contribution in [0.2, 0.25) is 0 Å². The van der Waals surface area contributed by atoms with Gasteiger partial charge >= 0.3 is 0 Å². The van der Waals surface area contributed by atoms with Crippen molar-refractivity contribution in [2.24, 2.45) is 0 Å². The third-order valence-corrected chi connectivity index (χ3v) is 7.58. The van der Waals surface area contributed by atoms with Crippen LogP contribution in [-0.4, -0.2) is 30.8 Å². The van der Waals surface area contributed by atoms with Crippen molar-refractivity contribution in [1.82, 2.24) is 9.62 Å². The van der Waals surface area contributed by atoms with Crippen molar-refractivity contribution in [2.75, 3.05) is 0 Å². The first-order valence-electron chi connectivity index (χ1n) is 7.66. The Morgan fingerprint density at radius 3 is 2.52 bits per heavy atom. The molecule has 2 rings (SSSR count). The Hall–Kier alpha value is -0.430. The molecular weight excluding hydrogens is 304 g/mol. The Kier molecular flexibility index (Phi) is 5.46. The lowest BCUT2D eigenvalue weighted by molar-refractivity contribution is 0.204. The number of nitrogens with one attached hydrogen (secondary N) is 1. The summed E-state index contributed by atoms with van der Waals surface area (Å²) in [5.74, 6) is 0. The van der Waals surface area contributed by atoms with E-state index in [2.05, 4.69) is 19.2 Å². The van der Waals surface area contributed by atoms with Gasteiger partial charge in [-0.1, -0.05) is 20.3 Å². The summed E-state index contributed by atoms with van der Waals surface area (Å²) in [4.78, 5) is 0. The highest BCUT2D eigenvalue weighted by atomic mass is 32.2. The summed E-state index contributed by atoms with van der Waals surface area (Å²) >= 11 is 1.34. The molecule has 1 aromatic rings. The van der Waals surface area contributed by atoms with Gasteiger partial charge in [-0.3, -0.25) is 0 Å². The van der Waals surface area contributed by atoms with Crippen LogP contribution in [-0.2, 0) is 16.6 Å². The van der Waals surface area contributed by atoms with Gasteiger partial charge in [-0.15, -0.1) is 11.3 Å². The highest BCUT2D eigenvalue weighted by molar-refractivity contribution is 7.91. The van der Waals surface area contributed by atoms with E-state index in [1.807, 2.05) is 25.3 Å². The van der Waals surface area contributed by atoms with Crippen LogP contribution in [0, 0.1) is 0 Å². The number of hydrogen-bond acceptors (Lipinski definition) is 4. The predicted octanol–water partition coefficient (Wildman–Crippen LogP) is 3.20. The van der Waals surface area contributed by atoms with Gasteiger partial charge < -0.3 is 5.32 Å². The molecule has 0 bridgehead atoms. The Morgan fingerprint density at radius 1 is 1.33 bits per heavy atom. The van der Waals surface area contributed by atoms with Gasteiger partial charge in [-0.2, -0.15) is 4.31 Å². The van der Waals surface area contributed by atoms with Crippen molar-refractivity contribution in [3.05, 3.63) is 17.0 Å². The maximum absolute atomic E-state index is 12.9. The van der Waals surface area contributed by atoms with Gasteiger partial charge in [0.15, 0.2) is 0 Å². The second-order valence-electron chi connectivity index (χ2n) is 6.27. The van der Waals surface area contributed by atoms with Crippen LogP contribution in [0.15, 0.2) is 15.7 Å². The SMILES string of the molecule is CC(C)NCc1csc(S(=O)(=O)N2[C@H](C)CCC[C@@H]2C)c1. The van der Waals surface area contributed by atoms with Crippen molar-refractivity contribution in [1.29, 1.82) is 0 Å². The Morgan fingerprint density at radius 2 is 1.95 bits per heavy atom. The topological polar surface area (TPSA) is 49.4 Å². The zero-order valence-corrected chi connectivity index (χ0v) is 14.9. The minimum atomic E-state index is -3.35. The van der Waals surface area contributed by atoms with E-state index in [0.717, 1.165) is 31.4 Å². The van der Waals surface area contributed by atoms with E-state index in [4.69, 9.17) is 0 Å². The smallest absolute Gasteiger partial charge is 0.253 e. The van der Waals surface area contributed by atoms with E-state index in [9.17, 15) is 8.42 Å². The normalized spacial score (nSPS) is 24.6. The van der Waals surface area contributed by atoms with E-state index in [1.165, 1.54) is 11.3 Å². The molecule has 0 radical (unpaired) electrons. The Balaban J connectivity index is 2.19. The fourth-order valence-corrected chi connectivity index (χ4v) is 6.07. The molecule has 1 saturated heterocycles. The van der Waals surface area contributed by atoms with Gasteiger partial charge in [0.25, 0.3) is 10.0 Å². The molecule has 4 nitrogen and oxygen atoms in total. The van der Waals surface area contributed by atoms with Crippen LogP contribution in [0.4, 0.5) is 0 Å². The summed E-state index contributed by atoms with van der Waals surface area (Å²) in [6.07, 6.45) is 3.02. The maximum Gasteiger partial charge on any atom is 0.253 e. The van der Waals surface area contributed by atoms with Gasteiger partial charge in [-0.25, -0.2) is 8.42 Å². The first-order chi connectivity index (χ1) is 9.82. The van der Waals surface area contributed by atoms with Gasteiger partial charge in [0.2, 0.25) is 0 Å². The molecule has 21 heavy (non-hydrogen) atoms. The molecule has 0 aromatic carbocycles. The molecule has 6 heteroatoms. The molecule has 0 saturated carbocycles. The van der Waals surface area contributed by atoms with Gasteiger partial charge in [0, 0.05) is 24.7 Å². The molecule has 0 spiro atoms. The van der Waals surface area contributed by atoms with E-state index in [-0.39, 0.29) is 12.1 Å². The molecule has 2 atom stereocenters. The van der Waals surface area contributed by atoms with E-state index in [0.29, 0.717) is 10.3 Å². The zero-order valence-electron chi connectivity index (χ0n) is 13.3. The number of sulfonamides is 1. The number of rotatable bonds is 5. The Labute approximate surface area is 132 Å². The third kappa shape index (κ3) is 3.86. The van der Waals surface area contributed by atoms with Crippen LogP contribution in [0.5, 0.6) is 0 Å². The molecule has 1 aliphatic heterocycles. The fraction of sp³-hybridized carbons (Fsp3) is 0.733. The first-order valence-corrected chi connectivity index (χ1v) is 9.98. The minimum absolute atomic E-state index is 0.0955. The highest BCUT2D eigenvalue weighted by Gasteiger charge is 2.36. The molecule has 0 unspecified atom stereocenters. The number of piperidine rings is 1. The van der Waals surface area contributed by atoms with Crippen LogP contribution in [0.3, 0.4) is 0 Å². The van der Waals surface area contributed by atoms with E-state index < -0.39 is 10.0 Å². The predicted molar refractivity (Wildman–Crippen MR) is 88.1 cm³/mol. The van der Waals surface area contributed by atoms with E-state index >= 15 is 0 Å². The lowest BCUT2D eigenvalue weighted by Crippen LogP contribution is -2.47. The van der Waals surface area contributed by atoms with Crippen molar-refractivity contribution in [2.45, 2.75) is 75.8 Å². The van der Waals surface area contributed by atoms with Gasteiger partial charge in [0.05, 0.1) is 0 Å². The molecule has 120 valence electrons. The molecule has 1 aliphatic rings. The van der Waals surface area contributed by atoms with Crippen molar-refractivity contribution >= 4 is 21.4 Å². The summed E-state index contributed by atoms with van der Waals surface area (Å²) < 4.78 is 27.9. The molecule has 2 heterocycles. The van der Waals surface area contributed by atoms with Crippen molar-refractivity contribution in [3.63, 3.8) is 0 Å². The van der Waals surface area contributed by atoms with Crippen LogP contribution in [0.25, 0.3) is 0 Å².